The summed E-state index contributed by atoms with van der Waals surface area (Å²) >= 11 is 6.82. The van der Waals surface area contributed by atoms with Crippen LogP contribution in [0.15, 0.2) is 15.4 Å². The maximum atomic E-state index is 4.40. The van der Waals surface area contributed by atoms with Gasteiger partial charge in [-0.05, 0) is 35.8 Å². The molecule has 4 heteroatoms. The maximum absolute atomic E-state index is 4.40. The Bertz CT molecular complexity index is 431. The predicted molar refractivity (Wildman–Crippen MR) is 62.6 cm³/mol. The summed E-state index contributed by atoms with van der Waals surface area (Å²) in [6.07, 6.45) is 0. The lowest BCUT2D eigenvalue weighted by atomic mass is 10.2. The summed E-state index contributed by atoms with van der Waals surface area (Å²) < 4.78 is 0.950. The van der Waals surface area contributed by atoms with Gasteiger partial charge in [0, 0.05) is 20.7 Å². The van der Waals surface area contributed by atoms with Gasteiger partial charge in [0.1, 0.15) is 0 Å². The van der Waals surface area contributed by atoms with Crippen molar-refractivity contribution >= 4 is 38.6 Å². The van der Waals surface area contributed by atoms with E-state index in [9.17, 15) is 0 Å². The van der Waals surface area contributed by atoms with Crippen LogP contribution in [-0.2, 0) is 0 Å². The highest BCUT2D eigenvalue weighted by Gasteiger charge is 2.08. The Balaban J connectivity index is 2.51. The van der Waals surface area contributed by atoms with E-state index < -0.39 is 0 Å². The fraction of sp³-hybridized carbons (Fsp3) is 0.222. The molecule has 0 aromatic carbocycles. The second kappa shape index (κ2) is 3.52. The van der Waals surface area contributed by atoms with E-state index in [1.165, 1.54) is 15.3 Å². The second-order valence-corrected chi connectivity index (χ2v) is 6.41. The smallest absolute Gasteiger partial charge is 0.159 e. The van der Waals surface area contributed by atoms with Crippen molar-refractivity contribution in [1.82, 2.24) is 4.98 Å². The van der Waals surface area contributed by atoms with Crippen LogP contribution in [0.3, 0.4) is 0 Å². The predicted octanol–water partition coefficient (Wildman–Crippen LogP) is 4.25. The molecule has 0 atom stereocenters. The summed E-state index contributed by atoms with van der Waals surface area (Å²) in [6.45, 7) is 4.27. The van der Waals surface area contributed by atoms with Gasteiger partial charge in [0.05, 0.1) is 5.69 Å². The van der Waals surface area contributed by atoms with Gasteiger partial charge in [-0.2, -0.15) is 0 Å². The van der Waals surface area contributed by atoms with Crippen molar-refractivity contribution in [3.8, 4) is 11.3 Å². The van der Waals surface area contributed by atoms with Crippen LogP contribution in [0.25, 0.3) is 11.3 Å². The lowest BCUT2D eigenvalue weighted by Gasteiger charge is -1.91. The molecule has 0 amide bonds. The molecule has 0 aliphatic carbocycles. The Morgan fingerprint density at radius 1 is 1.38 bits per heavy atom. The number of thiazole rings is 1. The lowest BCUT2D eigenvalue weighted by molar-refractivity contribution is 1.37. The van der Waals surface area contributed by atoms with Crippen LogP contribution >= 0.6 is 38.6 Å². The normalized spacial score (nSPS) is 10.7. The molecule has 2 heterocycles. The van der Waals surface area contributed by atoms with Gasteiger partial charge in [-0.3, -0.25) is 0 Å². The van der Waals surface area contributed by atoms with Crippen molar-refractivity contribution in [3.05, 3.63) is 25.1 Å². The maximum Gasteiger partial charge on any atom is 0.159 e. The Morgan fingerprint density at radius 2 is 2.15 bits per heavy atom. The molecule has 13 heavy (non-hydrogen) atoms. The topological polar surface area (TPSA) is 12.9 Å². The number of rotatable bonds is 1. The number of aromatic nitrogens is 1. The van der Waals surface area contributed by atoms with Crippen molar-refractivity contribution in [2.75, 3.05) is 0 Å². The van der Waals surface area contributed by atoms with E-state index in [0.29, 0.717) is 0 Å². The van der Waals surface area contributed by atoms with E-state index in [2.05, 4.69) is 46.2 Å². The molecule has 0 spiro atoms. The van der Waals surface area contributed by atoms with E-state index in [4.69, 9.17) is 0 Å². The summed E-state index contributed by atoms with van der Waals surface area (Å²) in [6, 6.07) is 2.20. The Morgan fingerprint density at radius 3 is 2.62 bits per heavy atom. The quantitative estimate of drug-likeness (QED) is 0.757. The highest BCUT2D eigenvalue weighted by Crippen LogP contribution is 2.32. The van der Waals surface area contributed by atoms with E-state index in [1.54, 1.807) is 11.3 Å². The van der Waals surface area contributed by atoms with Gasteiger partial charge < -0.3 is 0 Å². The highest BCUT2D eigenvalue weighted by atomic mass is 79.9. The van der Waals surface area contributed by atoms with Crippen molar-refractivity contribution in [2.24, 2.45) is 0 Å². The molecule has 1 nitrogen and oxygen atoms in total. The zero-order chi connectivity index (χ0) is 9.42. The first-order chi connectivity index (χ1) is 6.16. The van der Waals surface area contributed by atoms with Crippen LogP contribution in [0.4, 0.5) is 0 Å². The molecule has 0 aliphatic heterocycles. The minimum atomic E-state index is 0.950. The first kappa shape index (κ1) is 9.37. The van der Waals surface area contributed by atoms with Crippen LogP contribution in [0.2, 0.25) is 0 Å². The number of hydrogen-bond acceptors (Lipinski definition) is 3. The van der Waals surface area contributed by atoms with Gasteiger partial charge in [0.15, 0.2) is 3.92 Å². The summed E-state index contributed by atoms with van der Waals surface area (Å²) in [5.41, 5.74) is 2.35. The van der Waals surface area contributed by atoms with Gasteiger partial charge in [-0.25, -0.2) is 4.98 Å². The molecule has 68 valence electrons. The van der Waals surface area contributed by atoms with Crippen molar-refractivity contribution in [2.45, 2.75) is 13.8 Å². The van der Waals surface area contributed by atoms with Gasteiger partial charge in [-0.15, -0.1) is 22.7 Å². The van der Waals surface area contributed by atoms with Crippen LogP contribution in [0.1, 0.15) is 9.75 Å². The zero-order valence-electron chi connectivity index (χ0n) is 7.30. The third-order valence-electron chi connectivity index (χ3n) is 1.79. The third-order valence-corrected chi connectivity index (χ3v) is 4.12. The monoisotopic (exact) mass is 273 g/mol. The largest absolute Gasteiger partial charge is 0.229 e. The Kier molecular flexibility index (Phi) is 2.53. The molecule has 0 radical (unpaired) electrons. The highest BCUT2D eigenvalue weighted by molar-refractivity contribution is 9.11. The molecule has 0 saturated carbocycles. The van der Waals surface area contributed by atoms with E-state index in [1.807, 2.05) is 11.3 Å². The Labute approximate surface area is 93.6 Å². The molecular weight excluding hydrogens is 266 g/mol. The zero-order valence-corrected chi connectivity index (χ0v) is 10.5. The standard InChI is InChI=1S/C9H8BrNS2/c1-5-3-7(6(2)13-5)8-4-12-9(10)11-8/h3-4H,1-2H3. The lowest BCUT2D eigenvalue weighted by Crippen LogP contribution is -1.74. The minimum absolute atomic E-state index is 0.950. The molecule has 0 bridgehead atoms. The van der Waals surface area contributed by atoms with Crippen LogP contribution in [0, 0.1) is 13.8 Å². The molecule has 0 saturated heterocycles. The number of halogens is 1. The first-order valence-electron chi connectivity index (χ1n) is 3.85. The molecule has 0 fully saturated rings. The summed E-state index contributed by atoms with van der Waals surface area (Å²) in [4.78, 5) is 7.08. The fourth-order valence-corrected chi connectivity index (χ4v) is 3.20. The molecule has 0 aliphatic rings. The van der Waals surface area contributed by atoms with Crippen molar-refractivity contribution in [3.63, 3.8) is 0 Å². The molecular formula is C9H8BrNS2. The van der Waals surface area contributed by atoms with Crippen molar-refractivity contribution < 1.29 is 0 Å². The van der Waals surface area contributed by atoms with Gasteiger partial charge >= 0.3 is 0 Å². The molecule has 2 aromatic rings. The van der Waals surface area contributed by atoms with Crippen LogP contribution < -0.4 is 0 Å². The molecule has 2 rings (SSSR count). The summed E-state index contributed by atoms with van der Waals surface area (Å²) in [5.74, 6) is 0. The second-order valence-electron chi connectivity index (χ2n) is 2.81. The third kappa shape index (κ3) is 1.85. The van der Waals surface area contributed by atoms with Gasteiger partial charge in [0.25, 0.3) is 0 Å². The summed E-state index contributed by atoms with van der Waals surface area (Å²) in [7, 11) is 0. The average molecular weight is 274 g/mol. The van der Waals surface area contributed by atoms with E-state index in [-0.39, 0.29) is 0 Å². The fourth-order valence-electron chi connectivity index (χ4n) is 1.26. The van der Waals surface area contributed by atoms with Crippen molar-refractivity contribution in [1.29, 1.82) is 0 Å². The first-order valence-corrected chi connectivity index (χ1v) is 6.34. The summed E-state index contributed by atoms with van der Waals surface area (Å²) in [5, 5.41) is 2.08. The molecule has 2 aromatic heterocycles. The minimum Gasteiger partial charge on any atom is -0.229 e. The van der Waals surface area contributed by atoms with Crippen LogP contribution in [-0.4, -0.2) is 4.98 Å². The van der Waals surface area contributed by atoms with E-state index in [0.717, 1.165) is 9.61 Å². The number of thiophene rings is 1. The number of hydrogen-bond donors (Lipinski definition) is 0. The Hall–Kier alpha value is -0.190. The van der Waals surface area contributed by atoms with E-state index >= 15 is 0 Å². The van der Waals surface area contributed by atoms with Crippen LogP contribution in [0.5, 0.6) is 0 Å². The SMILES string of the molecule is Cc1cc(-c2csc(Br)n2)c(C)s1. The number of aryl methyl sites for hydroxylation is 2. The average Bonchev–Trinajstić information content (AvgIpc) is 2.58. The number of nitrogens with zero attached hydrogens (tertiary/aromatic N) is 1. The van der Waals surface area contributed by atoms with Gasteiger partial charge in [0.2, 0.25) is 0 Å². The molecule has 0 N–H and O–H groups in total. The molecule has 0 unspecified atom stereocenters. The van der Waals surface area contributed by atoms with Gasteiger partial charge in [-0.1, -0.05) is 0 Å².